The lowest BCUT2D eigenvalue weighted by atomic mass is 10.3. The second-order valence-electron chi connectivity index (χ2n) is 7.55. The van der Waals surface area contributed by atoms with Gasteiger partial charge in [0, 0.05) is 55.4 Å². The van der Waals surface area contributed by atoms with E-state index >= 15 is 0 Å². The first-order valence-corrected chi connectivity index (χ1v) is 11.7. The molecule has 4 rings (SSSR count). The Bertz CT molecular complexity index is 1100. The number of carbonyl (C=O) groups is 1. The fraction of sp³-hybridized carbons (Fsp3) is 0.364. The van der Waals surface area contributed by atoms with Crippen molar-refractivity contribution in [2.45, 2.75) is 30.8 Å². The first-order valence-electron chi connectivity index (χ1n) is 10.9. The van der Waals surface area contributed by atoms with Crippen LogP contribution < -0.4 is 25.6 Å². The summed E-state index contributed by atoms with van der Waals surface area (Å²) < 4.78 is 6.02. The molecule has 0 spiro atoms. The van der Waals surface area contributed by atoms with Gasteiger partial charge in [-0.15, -0.1) is 0 Å². The Hall–Kier alpha value is -3.31. The molecule has 3 aromatic rings. The minimum absolute atomic E-state index is 0.102. The van der Waals surface area contributed by atoms with Gasteiger partial charge in [-0.25, -0.2) is 9.97 Å². The predicted molar refractivity (Wildman–Crippen MR) is 130 cm³/mol. The van der Waals surface area contributed by atoms with E-state index in [0.717, 1.165) is 48.3 Å². The van der Waals surface area contributed by atoms with Gasteiger partial charge < -0.3 is 25.6 Å². The number of hydrogen-bond acceptors (Lipinski definition) is 9. The number of anilines is 4. The zero-order valence-electron chi connectivity index (χ0n) is 18.9. The molecule has 10 nitrogen and oxygen atoms in total. The molecule has 2 aromatic heterocycles. The third-order valence-electron chi connectivity index (χ3n) is 4.87. The molecular weight excluding hydrogens is 440 g/mol. The van der Waals surface area contributed by atoms with Gasteiger partial charge in [-0.1, -0.05) is 0 Å². The van der Waals surface area contributed by atoms with Gasteiger partial charge in [0.05, 0.1) is 6.61 Å². The maximum Gasteiger partial charge on any atom is 0.221 e. The summed E-state index contributed by atoms with van der Waals surface area (Å²) in [6.07, 6.45) is 0. The van der Waals surface area contributed by atoms with Crippen LogP contribution in [0.3, 0.4) is 0 Å². The van der Waals surface area contributed by atoms with Crippen molar-refractivity contribution in [2.24, 2.45) is 0 Å². The van der Waals surface area contributed by atoms with Gasteiger partial charge in [-0.05, 0) is 49.9 Å². The molecule has 0 bridgehead atoms. The minimum atomic E-state index is -0.102. The number of aryl methyl sites for hydroxylation is 1. The SMILES string of the molecule is CCOc1c(Nc2cc(C)[nH]n2)nc(Sc2ccc(NC(C)=O)cc2)nc1N1CCNCC1. The van der Waals surface area contributed by atoms with E-state index in [1.54, 1.807) is 0 Å². The Labute approximate surface area is 196 Å². The number of rotatable bonds is 8. The number of nitrogens with zero attached hydrogens (tertiary/aromatic N) is 4. The van der Waals surface area contributed by atoms with Crippen LogP contribution >= 0.6 is 11.8 Å². The summed E-state index contributed by atoms with van der Waals surface area (Å²) in [6, 6.07) is 9.51. The molecule has 33 heavy (non-hydrogen) atoms. The largest absolute Gasteiger partial charge is 0.487 e. The van der Waals surface area contributed by atoms with Gasteiger partial charge in [0.25, 0.3) is 0 Å². The van der Waals surface area contributed by atoms with Crippen LogP contribution in [0.25, 0.3) is 0 Å². The molecule has 0 radical (unpaired) electrons. The van der Waals surface area contributed by atoms with Crippen LogP contribution in [-0.2, 0) is 4.79 Å². The number of hydrogen-bond donors (Lipinski definition) is 4. The molecule has 1 fully saturated rings. The number of H-pyrrole nitrogens is 1. The van der Waals surface area contributed by atoms with Crippen LogP contribution in [0, 0.1) is 6.92 Å². The molecule has 1 amide bonds. The van der Waals surface area contributed by atoms with Gasteiger partial charge >= 0.3 is 0 Å². The van der Waals surface area contributed by atoms with Gasteiger partial charge in [0.1, 0.15) is 0 Å². The smallest absolute Gasteiger partial charge is 0.221 e. The van der Waals surface area contributed by atoms with E-state index in [1.165, 1.54) is 18.7 Å². The summed E-state index contributed by atoms with van der Waals surface area (Å²) in [5, 5.41) is 17.3. The van der Waals surface area contributed by atoms with Gasteiger partial charge in [0.15, 0.2) is 22.6 Å². The van der Waals surface area contributed by atoms with E-state index in [2.05, 4.69) is 31.0 Å². The molecule has 0 unspecified atom stereocenters. The Morgan fingerprint density at radius 3 is 2.61 bits per heavy atom. The summed E-state index contributed by atoms with van der Waals surface area (Å²) in [6.45, 7) is 9.29. The zero-order valence-corrected chi connectivity index (χ0v) is 19.8. The fourth-order valence-corrected chi connectivity index (χ4v) is 4.19. The summed E-state index contributed by atoms with van der Waals surface area (Å²) in [7, 11) is 0. The molecule has 1 aliphatic rings. The fourth-order valence-electron chi connectivity index (χ4n) is 3.44. The van der Waals surface area contributed by atoms with Crippen LogP contribution in [0.2, 0.25) is 0 Å². The maximum absolute atomic E-state index is 11.3. The molecule has 0 atom stereocenters. The number of aromatic nitrogens is 4. The molecule has 11 heteroatoms. The van der Waals surface area contributed by atoms with Gasteiger partial charge in [0.2, 0.25) is 11.7 Å². The van der Waals surface area contributed by atoms with E-state index in [4.69, 9.17) is 14.7 Å². The Morgan fingerprint density at radius 2 is 1.97 bits per heavy atom. The van der Waals surface area contributed by atoms with Crippen molar-refractivity contribution < 1.29 is 9.53 Å². The quantitative estimate of drug-likeness (QED) is 0.369. The van der Waals surface area contributed by atoms with Crippen molar-refractivity contribution in [2.75, 3.05) is 48.3 Å². The van der Waals surface area contributed by atoms with E-state index < -0.39 is 0 Å². The van der Waals surface area contributed by atoms with Crippen molar-refractivity contribution in [1.82, 2.24) is 25.5 Å². The van der Waals surface area contributed by atoms with Crippen LogP contribution in [-0.4, -0.2) is 58.9 Å². The molecule has 4 N–H and O–H groups in total. The molecule has 1 aromatic carbocycles. The number of nitrogens with one attached hydrogen (secondary N) is 4. The van der Waals surface area contributed by atoms with E-state index in [0.29, 0.717) is 29.1 Å². The molecule has 1 aliphatic heterocycles. The standard InChI is InChI=1S/C22H28N8O2S/c1-4-32-19-20(25-18-13-14(2)28-29-18)26-22(27-21(19)30-11-9-23-10-12-30)33-17-7-5-16(6-8-17)24-15(3)31/h5-8,13,23H,4,9-12H2,1-3H3,(H,24,31)(H2,25,26,27,28,29). The number of benzene rings is 1. The number of amides is 1. The van der Waals surface area contributed by atoms with E-state index in [1.807, 2.05) is 44.2 Å². The van der Waals surface area contributed by atoms with Crippen molar-refractivity contribution in [3.05, 3.63) is 36.0 Å². The monoisotopic (exact) mass is 468 g/mol. The van der Waals surface area contributed by atoms with Crippen molar-refractivity contribution >= 4 is 40.8 Å². The van der Waals surface area contributed by atoms with Crippen molar-refractivity contribution in [3.63, 3.8) is 0 Å². The van der Waals surface area contributed by atoms with Gasteiger partial charge in [-0.2, -0.15) is 5.10 Å². The number of piperazine rings is 1. The highest BCUT2D eigenvalue weighted by molar-refractivity contribution is 7.99. The first-order chi connectivity index (χ1) is 16.0. The Balaban J connectivity index is 1.69. The van der Waals surface area contributed by atoms with E-state index in [-0.39, 0.29) is 5.91 Å². The van der Waals surface area contributed by atoms with E-state index in [9.17, 15) is 4.79 Å². The molecule has 0 saturated carbocycles. The third-order valence-corrected chi connectivity index (χ3v) is 5.74. The summed E-state index contributed by atoms with van der Waals surface area (Å²) in [5.74, 6) is 2.51. The lowest BCUT2D eigenvalue weighted by molar-refractivity contribution is -0.114. The zero-order chi connectivity index (χ0) is 23.2. The van der Waals surface area contributed by atoms with Crippen molar-refractivity contribution in [3.8, 4) is 5.75 Å². The Kier molecular flexibility index (Phi) is 7.30. The first kappa shape index (κ1) is 22.9. The minimum Gasteiger partial charge on any atom is -0.487 e. The highest BCUT2D eigenvalue weighted by Crippen LogP contribution is 2.38. The summed E-state index contributed by atoms with van der Waals surface area (Å²) >= 11 is 1.45. The number of carbonyl (C=O) groups excluding carboxylic acids is 1. The van der Waals surface area contributed by atoms with Crippen molar-refractivity contribution in [1.29, 1.82) is 0 Å². The number of ether oxygens (including phenoxy) is 1. The van der Waals surface area contributed by atoms with Crippen LogP contribution in [0.5, 0.6) is 5.75 Å². The molecular formula is C22H28N8O2S. The normalized spacial score (nSPS) is 13.6. The molecule has 174 valence electrons. The maximum atomic E-state index is 11.3. The molecule has 3 heterocycles. The second-order valence-corrected chi connectivity index (χ2v) is 8.59. The van der Waals surface area contributed by atoms with Crippen LogP contribution in [0.1, 0.15) is 19.5 Å². The third kappa shape index (κ3) is 5.93. The number of aromatic amines is 1. The summed E-state index contributed by atoms with van der Waals surface area (Å²) in [4.78, 5) is 24.1. The molecule has 0 aliphatic carbocycles. The summed E-state index contributed by atoms with van der Waals surface area (Å²) in [5.41, 5.74) is 1.69. The van der Waals surface area contributed by atoms with Crippen LogP contribution in [0.4, 0.5) is 23.1 Å². The molecule has 1 saturated heterocycles. The lowest BCUT2D eigenvalue weighted by Crippen LogP contribution is -2.44. The second kappa shape index (κ2) is 10.5. The van der Waals surface area contributed by atoms with Crippen LogP contribution in [0.15, 0.2) is 40.4 Å². The lowest BCUT2D eigenvalue weighted by Gasteiger charge is -2.30. The average Bonchev–Trinajstić information content (AvgIpc) is 3.21. The topological polar surface area (TPSA) is 120 Å². The van der Waals surface area contributed by atoms with Gasteiger partial charge in [-0.3, -0.25) is 9.89 Å². The predicted octanol–water partition coefficient (Wildman–Crippen LogP) is 3.17. The highest BCUT2D eigenvalue weighted by Gasteiger charge is 2.23. The highest BCUT2D eigenvalue weighted by atomic mass is 32.2. The average molecular weight is 469 g/mol. The Morgan fingerprint density at radius 1 is 1.21 bits per heavy atom.